The monoisotopic (exact) mass is 308 g/mol. The van der Waals surface area contributed by atoms with Crippen LogP contribution in [0, 0.1) is 17.7 Å². The van der Waals surface area contributed by atoms with Crippen LogP contribution in [0.1, 0.15) is 37.7 Å². The number of hydrogen-bond acceptors (Lipinski definition) is 2. The lowest BCUT2D eigenvalue weighted by atomic mass is 9.74. The van der Waals surface area contributed by atoms with Gasteiger partial charge in [0.2, 0.25) is 0 Å². The first-order valence-corrected chi connectivity index (χ1v) is 7.89. The largest absolute Gasteiger partial charge is 0.490 e. The van der Waals surface area contributed by atoms with Crippen LogP contribution in [-0.4, -0.2) is 24.2 Å². The van der Waals surface area contributed by atoms with E-state index in [0.717, 1.165) is 32.3 Å². The third-order valence-corrected chi connectivity index (χ3v) is 4.32. The van der Waals surface area contributed by atoms with Crippen molar-refractivity contribution in [3.63, 3.8) is 0 Å². The average molecular weight is 309 g/mol. The predicted molar refractivity (Wildman–Crippen MR) is 80.2 cm³/mol. The zero-order valence-corrected chi connectivity index (χ0v) is 12.6. The highest BCUT2D eigenvalue weighted by Crippen LogP contribution is 2.43. The molecule has 1 spiro atoms. The van der Waals surface area contributed by atoms with Gasteiger partial charge in [-0.2, -0.15) is 0 Å². The number of alkyl halides is 1. The second kappa shape index (κ2) is 6.25. The first-order valence-electron chi connectivity index (χ1n) is 7.35. The molecule has 2 nitrogen and oxygen atoms in total. The summed E-state index contributed by atoms with van der Waals surface area (Å²) in [7, 11) is 0. The van der Waals surface area contributed by atoms with Crippen LogP contribution in [0.5, 0.6) is 5.75 Å². The fourth-order valence-corrected chi connectivity index (χ4v) is 3.10. The molecule has 2 fully saturated rings. The standard InChI is InChI=1S/C17H18ClFO2/c18-7-1-3-13-9-14(19)11-16(10-13)21-15-4-8-20-17(12-15)5-2-6-17/h9-11,15H,2,4-8,12H2. The summed E-state index contributed by atoms with van der Waals surface area (Å²) in [5.41, 5.74) is 0.619. The second-order valence-corrected chi connectivity index (χ2v) is 6.00. The molecule has 3 rings (SSSR count). The van der Waals surface area contributed by atoms with Gasteiger partial charge in [-0.15, -0.1) is 11.6 Å². The molecule has 1 aromatic rings. The Morgan fingerprint density at radius 1 is 1.38 bits per heavy atom. The third-order valence-electron chi connectivity index (χ3n) is 4.19. The van der Waals surface area contributed by atoms with Crippen LogP contribution in [0.3, 0.4) is 0 Å². The smallest absolute Gasteiger partial charge is 0.128 e. The minimum atomic E-state index is -0.336. The van der Waals surface area contributed by atoms with Crippen molar-refractivity contribution in [1.29, 1.82) is 0 Å². The molecular formula is C17H18ClFO2. The number of hydrogen-bond donors (Lipinski definition) is 0. The van der Waals surface area contributed by atoms with Gasteiger partial charge >= 0.3 is 0 Å². The predicted octanol–water partition coefficient (Wildman–Crippen LogP) is 3.90. The number of halogens is 2. The highest BCUT2D eigenvalue weighted by atomic mass is 35.5. The van der Waals surface area contributed by atoms with E-state index in [9.17, 15) is 4.39 Å². The van der Waals surface area contributed by atoms with Crippen molar-refractivity contribution < 1.29 is 13.9 Å². The summed E-state index contributed by atoms with van der Waals surface area (Å²) < 4.78 is 25.5. The van der Waals surface area contributed by atoms with Crippen molar-refractivity contribution in [3.8, 4) is 17.6 Å². The molecule has 1 heterocycles. The summed E-state index contributed by atoms with van der Waals surface area (Å²) in [5, 5.41) is 0. The Morgan fingerprint density at radius 2 is 2.24 bits per heavy atom. The van der Waals surface area contributed by atoms with Gasteiger partial charge in [0.1, 0.15) is 17.7 Å². The van der Waals surface area contributed by atoms with Crippen LogP contribution in [0.25, 0.3) is 0 Å². The number of rotatable bonds is 2. The Kier molecular flexibility index (Phi) is 4.37. The Labute approximate surface area is 129 Å². The van der Waals surface area contributed by atoms with Gasteiger partial charge in [0.25, 0.3) is 0 Å². The second-order valence-electron chi connectivity index (χ2n) is 5.73. The van der Waals surface area contributed by atoms with Crippen molar-refractivity contribution in [2.45, 2.75) is 43.8 Å². The van der Waals surface area contributed by atoms with E-state index in [1.165, 1.54) is 18.6 Å². The maximum Gasteiger partial charge on any atom is 0.128 e. The highest BCUT2D eigenvalue weighted by Gasteiger charge is 2.43. The first kappa shape index (κ1) is 14.7. The lowest BCUT2D eigenvalue weighted by molar-refractivity contribution is -0.153. The van der Waals surface area contributed by atoms with Crippen molar-refractivity contribution in [3.05, 3.63) is 29.6 Å². The normalized spacial score (nSPS) is 23.0. The van der Waals surface area contributed by atoms with E-state index in [1.54, 1.807) is 6.07 Å². The third kappa shape index (κ3) is 3.51. The van der Waals surface area contributed by atoms with E-state index < -0.39 is 0 Å². The van der Waals surface area contributed by atoms with E-state index in [1.807, 2.05) is 0 Å². The molecule has 1 saturated heterocycles. The summed E-state index contributed by atoms with van der Waals surface area (Å²) in [6.07, 6.45) is 5.29. The Morgan fingerprint density at radius 3 is 2.95 bits per heavy atom. The number of ether oxygens (including phenoxy) is 2. The van der Waals surface area contributed by atoms with Gasteiger partial charge in [0, 0.05) is 24.5 Å². The molecule has 112 valence electrons. The Bertz CT molecular complexity index is 572. The molecule has 0 amide bonds. The molecule has 1 atom stereocenters. The average Bonchev–Trinajstić information content (AvgIpc) is 2.43. The fourth-order valence-electron chi connectivity index (χ4n) is 3.03. The van der Waals surface area contributed by atoms with Gasteiger partial charge < -0.3 is 9.47 Å². The van der Waals surface area contributed by atoms with Crippen molar-refractivity contribution >= 4 is 11.6 Å². The van der Waals surface area contributed by atoms with E-state index in [4.69, 9.17) is 21.1 Å². The Balaban J connectivity index is 1.70. The van der Waals surface area contributed by atoms with E-state index in [0.29, 0.717) is 11.3 Å². The van der Waals surface area contributed by atoms with Crippen LogP contribution in [-0.2, 0) is 4.74 Å². The molecule has 1 aromatic carbocycles. The van der Waals surface area contributed by atoms with Gasteiger partial charge in [0.15, 0.2) is 0 Å². The van der Waals surface area contributed by atoms with Gasteiger partial charge in [0.05, 0.1) is 18.1 Å². The minimum Gasteiger partial charge on any atom is -0.490 e. The van der Waals surface area contributed by atoms with Gasteiger partial charge in [-0.05, 0) is 31.4 Å². The van der Waals surface area contributed by atoms with Crippen LogP contribution >= 0.6 is 11.6 Å². The quantitative estimate of drug-likeness (QED) is 0.609. The molecule has 2 aliphatic rings. The SMILES string of the molecule is Fc1cc(C#CCCl)cc(OC2CCOC3(CCC3)C2)c1. The van der Waals surface area contributed by atoms with Crippen LogP contribution in [0.2, 0.25) is 0 Å². The van der Waals surface area contributed by atoms with E-state index in [2.05, 4.69) is 11.8 Å². The maximum absolute atomic E-state index is 13.6. The van der Waals surface area contributed by atoms with Gasteiger partial charge in [-0.3, -0.25) is 0 Å². The molecule has 0 bridgehead atoms. The van der Waals surface area contributed by atoms with Crippen LogP contribution < -0.4 is 4.74 Å². The van der Waals surface area contributed by atoms with Gasteiger partial charge in [-0.1, -0.05) is 11.8 Å². The summed E-state index contributed by atoms with van der Waals surface area (Å²) in [6, 6.07) is 4.57. The number of benzene rings is 1. The summed E-state index contributed by atoms with van der Waals surface area (Å²) in [6.45, 7) is 0.721. The molecule has 0 radical (unpaired) electrons. The first-order chi connectivity index (χ1) is 10.2. The van der Waals surface area contributed by atoms with Crippen molar-refractivity contribution in [1.82, 2.24) is 0 Å². The molecule has 0 aromatic heterocycles. The maximum atomic E-state index is 13.6. The molecule has 0 N–H and O–H groups in total. The van der Waals surface area contributed by atoms with Crippen LogP contribution in [0.15, 0.2) is 18.2 Å². The van der Waals surface area contributed by atoms with E-state index >= 15 is 0 Å². The lowest BCUT2D eigenvalue weighted by Gasteiger charge is -2.46. The molecule has 4 heteroatoms. The molecular weight excluding hydrogens is 291 g/mol. The fraction of sp³-hybridized carbons (Fsp3) is 0.529. The minimum absolute atomic E-state index is 0.0253. The van der Waals surface area contributed by atoms with Crippen LogP contribution in [0.4, 0.5) is 4.39 Å². The lowest BCUT2D eigenvalue weighted by Crippen LogP contribution is -2.48. The molecule has 1 saturated carbocycles. The van der Waals surface area contributed by atoms with Crippen molar-refractivity contribution in [2.24, 2.45) is 0 Å². The highest BCUT2D eigenvalue weighted by molar-refractivity contribution is 6.19. The Hall–Kier alpha value is -1.24. The van der Waals surface area contributed by atoms with E-state index in [-0.39, 0.29) is 23.4 Å². The van der Waals surface area contributed by atoms with Gasteiger partial charge in [-0.25, -0.2) is 4.39 Å². The molecule has 1 aliphatic heterocycles. The summed E-state index contributed by atoms with van der Waals surface area (Å²) in [4.78, 5) is 0. The molecule has 1 unspecified atom stereocenters. The topological polar surface area (TPSA) is 18.5 Å². The zero-order chi connectivity index (χ0) is 14.7. The summed E-state index contributed by atoms with van der Waals surface area (Å²) >= 11 is 5.53. The van der Waals surface area contributed by atoms with Crippen molar-refractivity contribution in [2.75, 3.05) is 12.5 Å². The molecule has 1 aliphatic carbocycles. The zero-order valence-electron chi connectivity index (χ0n) is 11.8. The summed E-state index contributed by atoms with van der Waals surface area (Å²) in [5.74, 6) is 5.98. The molecule has 21 heavy (non-hydrogen) atoms.